The highest BCUT2D eigenvalue weighted by atomic mass is 16.5. The van der Waals surface area contributed by atoms with Gasteiger partial charge in [0, 0.05) is 11.1 Å². The van der Waals surface area contributed by atoms with Gasteiger partial charge in [-0.3, -0.25) is 9.79 Å². The van der Waals surface area contributed by atoms with Crippen molar-refractivity contribution in [3.05, 3.63) is 71.8 Å². The van der Waals surface area contributed by atoms with Gasteiger partial charge in [-0.1, -0.05) is 79.9 Å². The lowest BCUT2D eigenvalue weighted by molar-refractivity contribution is -0.145. The molecule has 1 fully saturated rings. The SMILES string of the molecule is COC(=O)CC(N=C(c1ccccc1)c1ccccc1)OC1CCCCC1. The molecule has 0 aromatic heterocycles. The standard InChI is InChI=1S/C23H27NO3/c1-26-22(25)17-21(27-20-15-9-4-10-16-20)24-23(18-11-5-2-6-12-18)19-13-7-3-8-14-19/h2-3,5-8,11-14,20-21H,4,9-10,15-17H2,1H3. The van der Waals surface area contributed by atoms with Crippen LogP contribution in [-0.4, -0.2) is 31.1 Å². The van der Waals surface area contributed by atoms with Gasteiger partial charge in [0.15, 0.2) is 6.23 Å². The number of carbonyl (C=O) groups is 1. The predicted molar refractivity (Wildman–Crippen MR) is 107 cm³/mol. The van der Waals surface area contributed by atoms with Crippen molar-refractivity contribution in [2.45, 2.75) is 50.9 Å². The summed E-state index contributed by atoms with van der Waals surface area (Å²) in [4.78, 5) is 16.8. The Morgan fingerprint density at radius 3 is 2.04 bits per heavy atom. The van der Waals surface area contributed by atoms with E-state index in [2.05, 4.69) is 0 Å². The number of carbonyl (C=O) groups excluding carboxylic acids is 1. The maximum absolute atomic E-state index is 11.9. The average Bonchev–Trinajstić information content (AvgIpc) is 2.73. The first-order chi connectivity index (χ1) is 13.3. The lowest BCUT2D eigenvalue weighted by atomic mass is 9.98. The molecular weight excluding hydrogens is 338 g/mol. The van der Waals surface area contributed by atoms with Gasteiger partial charge in [-0.15, -0.1) is 0 Å². The van der Waals surface area contributed by atoms with Crippen LogP contribution in [0.15, 0.2) is 65.7 Å². The topological polar surface area (TPSA) is 47.9 Å². The van der Waals surface area contributed by atoms with E-state index in [0.717, 1.165) is 29.7 Å². The van der Waals surface area contributed by atoms with E-state index in [1.54, 1.807) is 0 Å². The molecule has 0 saturated heterocycles. The molecule has 1 aliphatic carbocycles. The minimum absolute atomic E-state index is 0.121. The fourth-order valence-electron chi connectivity index (χ4n) is 3.43. The molecule has 4 nitrogen and oxygen atoms in total. The van der Waals surface area contributed by atoms with Gasteiger partial charge in [0.2, 0.25) is 0 Å². The third-order valence-corrected chi connectivity index (χ3v) is 4.84. The van der Waals surface area contributed by atoms with Crippen LogP contribution in [0.25, 0.3) is 0 Å². The highest BCUT2D eigenvalue weighted by molar-refractivity contribution is 6.13. The Morgan fingerprint density at radius 1 is 0.963 bits per heavy atom. The molecule has 2 aromatic carbocycles. The zero-order valence-electron chi connectivity index (χ0n) is 15.8. The summed E-state index contributed by atoms with van der Waals surface area (Å²) in [6, 6.07) is 20.0. The maximum atomic E-state index is 11.9. The smallest absolute Gasteiger partial charge is 0.310 e. The van der Waals surface area contributed by atoms with E-state index in [9.17, 15) is 4.79 Å². The Hall–Kier alpha value is -2.46. The van der Waals surface area contributed by atoms with E-state index in [0.29, 0.717) is 0 Å². The van der Waals surface area contributed by atoms with Crippen molar-refractivity contribution in [1.29, 1.82) is 0 Å². The van der Waals surface area contributed by atoms with Crippen LogP contribution in [0, 0.1) is 0 Å². The zero-order valence-corrected chi connectivity index (χ0v) is 15.8. The molecule has 0 amide bonds. The molecule has 0 aliphatic heterocycles. The first-order valence-corrected chi connectivity index (χ1v) is 9.67. The summed E-state index contributed by atoms with van der Waals surface area (Å²) >= 11 is 0. The third-order valence-electron chi connectivity index (χ3n) is 4.84. The zero-order chi connectivity index (χ0) is 18.9. The Balaban J connectivity index is 1.92. The largest absolute Gasteiger partial charge is 0.469 e. The second kappa shape index (κ2) is 10.0. The Labute approximate surface area is 161 Å². The number of nitrogens with zero attached hydrogens (tertiary/aromatic N) is 1. The van der Waals surface area contributed by atoms with Crippen LogP contribution >= 0.6 is 0 Å². The third kappa shape index (κ3) is 5.76. The predicted octanol–water partition coefficient (Wildman–Crippen LogP) is 4.76. The maximum Gasteiger partial charge on any atom is 0.310 e. The minimum atomic E-state index is -0.545. The molecule has 0 N–H and O–H groups in total. The second-order valence-electron chi connectivity index (χ2n) is 6.84. The quantitative estimate of drug-likeness (QED) is 0.525. The van der Waals surface area contributed by atoms with Crippen LogP contribution in [-0.2, 0) is 14.3 Å². The van der Waals surface area contributed by atoms with Crippen LogP contribution in [0.2, 0.25) is 0 Å². The van der Waals surface area contributed by atoms with Gasteiger partial charge in [-0.2, -0.15) is 0 Å². The molecule has 27 heavy (non-hydrogen) atoms. The summed E-state index contributed by atoms with van der Waals surface area (Å²) in [7, 11) is 1.40. The summed E-state index contributed by atoms with van der Waals surface area (Å²) < 4.78 is 11.1. The van der Waals surface area contributed by atoms with Gasteiger partial charge in [-0.05, 0) is 12.8 Å². The summed E-state index contributed by atoms with van der Waals surface area (Å²) in [5, 5.41) is 0. The molecule has 1 saturated carbocycles. The number of benzene rings is 2. The van der Waals surface area contributed by atoms with Crippen LogP contribution in [0.1, 0.15) is 49.7 Å². The lowest BCUT2D eigenvalue weighted by Gasteiger charge is -2.26. The number of methoxy groups -OCH3 is 1. The van der Waals surface area contributed by atoms with Crippen molar-refractivity contribution in [2.75, 3.05) is 7.11 Å². The molecule has 0 bridgehead atoms. The summed E-state index contributed by atoms with van der Waals surface area (Å²) in [6.07, 6.45) is 5.38. The monoisotopic (exact) mass is 365 g/mol. The van der Waals surface area contributed by atoms with Crippen molar-refractivity contribution >= 4 is 11.7 Å². The molecule has 0 spiro atoms. The van der Waals surface area contributed by atoms with Crippen LogP contribution in [0.4, 0.5) is 0 Å². The molecule has 2 aromatic rings. The van der Waals surface area contributed by atoms with E-state index in [1.165, 1.54) is 26.4 Å². The van der Waals surface area contributed by atoms with Crippen molar-refractivity contribution in [2.24, 2.45) is 4.99 Å². The Bertz CT molecular complexity index is 695. The van der Waals surface area contributed by atoms with E-state index < -0.39 is 6.23 Å². The van der Waals surface area contributed by atoms with Gasteiger partial charge in [0.25, 0.3) is 0 Å². The molecule has 1 atom stereocenters. The number of esters is 1. The van der Waals surface area contributed by atoms with Crippen molar-refractivity contribution in [3.8, 4) is 0 Å². The first-order valence-electron chi connectivity index (χ1n) is 9.67. The van der Waals surface area contributed by atoms with Crippen LogP contribution < -0.4 is 0 Å². The number of hydrogen-bond acceptors (Lipinski definition) is 4. The highest BCUT2D eigenvalue weighted by Gasteiger charge is 2.22. The van der Waals surface area contributed by atoms with Gasteiger partial charge in [-0.25, -0.2) is 0 Å². The van der Waals surface area contributed by atoms with E-state index in [1.807, 2.05) is 60.7 Å². The van der Waals surface area contributed by atoms with Crippen molar-refractivity contribution < 1.29 is 14.3 Å². The fourth-order valence-corrected chi connectivity index (χ4v) is 3.43. The van der Waals surface area contributed by atoms with Gasteiger partial charge < -0.3 is 9.47 Å². The van der Waals surface area contributed by atoms with Crippen molar-refractivity contribution in [1.82, 2.24) is 0 Å². The minimum Gasteiger partial charge on any atom is -0.469 e. The van der Waals surface area contributed by atoms with E-state index in [-0.39, 0.29) is 18.5 Å². The van der Waals surface area contributed by atoms with E-state index >= 15 is 0 Å². The normalized spacial score (nSPS) is 15.7. The second-order valence-corrected chi connectivity index (χ2v) is 6.84. The van der Waals surface area contributed by atoms with Gasteiger partial charge in [0.05, 0.1) is 25.3 Å². The summed E-state index contributed by atoms with van der Waals surface area (Å²) in [5.74, 6) is -0.306. The van der Waals surface area contributed by atoms with Crippen molar-refractivity contribution in [3.63, 3.8) is 0 Å². The fraction of sp³-hybridized carbons (Fsp3) is 0.391. The van der Waals surface area contributed by atoms with Crippen LogP contribution in [0.3, 0.4) is 0 Å². The average molecular weight is 365 g/mol. The molecule has 3 rings (SSSR count). The number of aliphatic imine (C=N–C) groups is 1. The van der Waals surface area contributed by atoms with Crippen LogP contribution in [0.5, 0.6) is 0 Å². The first kappa shape index (κ1) is 19.3. The molecule has 1 aliphatic rings. The Morgan fingerprint density at radius 2 is 1.52 bits per heavy atom. The van der Waals surface area contributed by atoms with Gasteiger partial charge >= 0.3 is 5.97 Å². The molecule has 142 valence electrons. The number of rotatable bonds is 7. The number of hydrogen-bond donors (Lipinski definition) is 0. The molecule has 1 unspecified atom stereocenters. The Kier molecular flexibility index (Phi) is 7.17. The number of ether oxygens (including phenoxy) is 2. The van der Waals surface area contributed by atoms with E-state index in [4.69, 9.17) is 14.5 Å². The summed E-state index contributed by atoms with van der Waals surface area (Å²) in [6.45, 7) is 0. The van der Waals surface area contributed by atoms with Gasteiger partial charge in [0.1, 0.15) is 0 Å². The molecular formula is C23H27NO3. The lowest BCUT2D eigenvalue weighted by Crippen LogP contribution is -2.27. The highest BCUT2D eigenvalue weighted by Crippen LogP contribution is 2.23. The molecule has 4 heteroatoms. The molecule has 0 radical (unpaired) electrons. The molecule has 0 heterocycles. The summed E-state index contributed by atoms with van der Waals surface area (Å²) in [5.41, 5.74) is 2.84.